The molecule has 1 heterocycles. The van der Waals surface area contributed by atoms with Crippen LogP contribution in [0.1, 0.15) is 34.9 Å². The Balaban J connectivity index is 2.52. The Hall–Kier alpha value is -1.62. The zero-order valence-corrected chi connectivity index (χ0v) is 12.4. The molecule has 0 atom stereocenters. The van der Waals surface area contributed by atoms with Gasteiger partial charge in [0.1, 0.15) is 0 Å². The topological polar surface area (TPSA) is 95.4 Å². The number of methoxy groups -OCH3 is 1. The molecule has 1 aromatic rings. The van der Waals surface area contributed by atoms with Gasteiger partial charge in [-0.05, 0) is 12.8 Å². The van der Waals surface area contributed by atoms with Crippen molar-refractivity contribution in [2.75, 3.05) is 7.11 Å². The molecule has 1 saturated carbocycles. The van der Waals surface area contributed by atoms with Gasteiger partial charge in [0.2, 0.25) is 5.69 Å². The van der Waals surface area contributed by atoms with Crippen molar-refractivity contribution >= 4 is 27.7 Å². The second-order valence-electron chi connectivity index (χ2n) is 4.30. The van der Waals surface area contributed by atoms with Crippen molar-refractivity contribution in [2.24, 2.45) is 0 Å². The van der Waals surface area contributed by atoms with Gasteiger partial charge in [-0.1, -0.05) is 11.6 Å². The highest BCUT2D eigenvalue weighted by Crippen LogP contribution is 2.43. The van der Waals surface area contributed by atoms with Gasteiger partial charge >= 0.3 is 21.6 Å². The van der Waals surface area contributed by atoms with Crippen LogP contribution in [-0.4, -0.2) is 37.0 Å². The summed E-state index contributed by atoms with van der Waals surface area (Å²) in [7, 11) is -5.08. The van der Waals surface area contributed by atoms with E-state index in [1.807, 2.05) is 0 Å². The standard InChI is InChI=1S/C10H8ClF3N2O5S/c1-20-9(17)6-8(21-22(18,19)10(12,13)14)16-5(4-2-3-4)7(11)15-6/h4H,2-3H2,1H3. The molecule has 0 aromatic carbocycles. The number of carbonyl (C=O) groups is 1. The van der Waals surface area contributed by atoms with Crippen LogP contribution >= 0.6 is 11.6 Å². The molecule has 0 bridgehead atoms. The molecule has 122 valence electrons. The Morgan fingerprint density at radius 3 is 2.36 bits per heavy atom. The fourth-order valence-corrected chi connectivity index (χ4v) is 2.17. The van der Waals surface area contributed by atoms with Crippen molar-refractivity contribution < 1.29 is 35.3 Å². The van der Waals surface area contributed by atoms with E-state index in [9.17, 15) is 26.4 Å². The smallest absolute Gasteiger partial charge is 0.464 e. The first-order valence-electron chi connectivity index (χ1n) is 5.73. The molecule has 0 unspecified atom stereocenters. The third kappa shape index (κ3) is 3.24. The number of aromatic nitrogens is 2. The minimum Gasteiger partial charge on any atom is -0.464 e. The molecule has 2 rings (SSSR count). The van der Waals surface area contributed by atoms with Crippen molar-refractivity contribution in [3.63, 3.8) is 0 Å². The van der Waals surface area contributed by atoms with E-state index in [4.69, 9.17) is 11.6 Å². The van der Waals surface area contributed by atoms with Gasteiger partial charge in [-0.2, -0.15) is 21.6 Å². The molecule has 1 fully saturated rings. The number of halogens is 4. The van der Waals surface area contributed by atoms with Crippen molar-refractivity contribution in [1.29, 1.82) is 0 Å². The number of rotatable bonds is 4. The second-order valence-corrected chi connectivity index (χ2v) is 6.20. The summed E-state index contributed by atoms with van der Waals surface area (Å²) in [5.74, 6) is -2.51. The maximum atomic E-state index is 12.4. The fourth-order valence-electron chi connectivity index (χ4n) is 1.47. The molecule has 0 amide bonds. The third-order valence-corrected chi connectivity index (χ3v) is 3.88. The minimum atomic E-state index is -6.00. The van der Waals surface area contributed by atoms with E-state index in [0.717, 1.165) is 7.11 Å². The van der Waals surface area contributed by atoms with Crippen LogP contribution in [0.4, 0.5) is 13.2 Å². The highest BCUT2D eigenvalue weighted by molar-refractivity contribution is 7.87. The Morgan fingerprint density at radius 1 is 1.32 bits per heavy atom. The van der Waals surface area contributed by atoms with E-state index >= 15 is 0 Å². The zero-order chi connectivity index (χ0) is 16.7. The van der Waals surface area contributed by atoms with Crippen LogP contribution in [0.2, 0.25) is 5.15 Å². The SMILES string of the molecule is COC(=O)c1nc(Cl)c(C2CC2)nc1OS(=O)(=O)C(F)(F)F. The number of nitrogens with zero attached hydrogens (tertiary/aromatic N) is 2. The minimum absolute atomic E-state index is 0.0710. The van der Waals surface area contributed by atoms with Gasteiger partial charge in [-0.3, -0.25) is 0 Å². The molecule has 0 spiro atoms. The number of alkyl halides is 3. The van der Waals surface area contributed by atoms with Crippen molar-refractivity contribution in [3.8, 4) is 5.88 Å². The summed E-state index contributed by atoms with van der Waals surface area (Å²) in [6.45, 7) is 0. The summed E-state index contributed by atoms with van der Waals surface area (Å²) < 4.78 is 67.5. The average molecular weight is 361 g/mol. The fraction of sp³-hybridized carbons (Fsp3) is 0.500. The molecule has 22 heavy (non-hydrogen) atoms. The average Bonchev–Trinajstić information content (AvgIpc) is 3.22. The Morgan fingerprint density at radius 2 is 1.91 bits per heavy atom. The van der Waals surface area contributed by atoms with E-state index in [-0.39, 0.29) is 16.8 Å². The van der Waals surface area contributed by atoms with Crippen molar-refractivity contribution in [2.45, 2.75) is 24.3 Å². The van der Waals surface area contributed by atoms with Gasteiger partial charge in [0, 0.05) is 5.92 Å². The molecule has 0 saturated heterocycles. The van der Waals surface area contributed by atoms with Crippen molar-refractivity contribution in [3.05, 3.63) is 16.5 Å². The van der Waals surface area contributed by atoms with Gasteiger partial charge < -0.3 is 8.92 Å². The first-order valence-corrected chi connectivity index (χ1v) is 7.52. The lowest BCUT2D eigenvalue weighted by atomic mass is 10.3. The normalized spacial score (nSPS) is 15.5. The molecule has 1 aromatic heterocycles. The van der Waals surface area contributed by atoms with Gasteiger partial charge in [0.25, 0.3) is 5.88 Å². The third-order valence-electron chi connectivity index (χ3n) is 2.66. The zero-order valence-electron chi connectivity index (χ0n) is 10.8. The van der Waals surface area contributed by atoms with Gasteiger partial charge in [-0.15, -0.1) is 0 Å². The van der Waals surface area contributed by atoms with E-state index in [1.54, 1.807) is 0 Å². The Kier molecular flexibility index (Phi) is 4.22. The lowest BCUT2D eigenvalue weighted by Gasteiger charge is -2.12. The van der Waals surface area contributed by atoms with Crippen LogP contribution in [0.25, 0.3) is 0 Å². The quantitative estimate of drug-likeness (QED) is 0.460. The molecule has 0 radical (unpaired) electrons. The Bertz CT molecular complexity index is 718. The molecular weight excluding hydrogens is 353 g/mol. The second kappa shape index (κ2) is 5.54. The number of esters is 1. The molecule has 1 aliphatic carbocycles. The number of hydrogen-bond acceptors (Lipinski definition) is 7. The van der Waals surface area contributed by atoms with E-state index in [1.165, 1.54) is 0 Å². The number of carbonyl (C=O) groups excluding carboxylic acids is 1. The summed E-state index contributed by atoms with van der Waals surface area (Å²) in [4.78, 5) is 18.6. The van der Waals surface area contributed by atoms with Crippen LogP contribution in [0.3, 0.4) is 0 Å². The van der Waals surface area contributed by atoms with Crippen LogP contribution in [0, 0.1) is 0 Å². The highest BCUT2D eigenvalue weighted by Gasteiger charge is 2.49. The van der Waals surface area contributed by atoms with E-state index < -0.39 is 33.2 Å². The first kappa shape index (κ1) is 16.7. The number of hydrogen-bond donors (Lipinski definition) is 0. The first-order chi connectivity index (χ1) is 10.1. The predicted molar refractivity (Wildman–Crippen MR) is 66.0 cm³/mol. The number of ether oxygens (including phenoxy) is 1. The lowest BCUT2D eigenvalue weighted by Crippen LogP contribution is -2.29. The molecule has 7 nitrogen and oxygen atoms in total. The molecule has 12 heteroatoms. The Labute approximate surface area is 127 Å². The summed E-state index contributed by atoms with van der Waals surface area (Å²) in [6, 6.07) is 0. The molecular formula is C10H8ClF3N2O5S. The van der Waals surface area contributed by atoms with Crippen LogP contribution < -0.4 is 4.18 Å². The van der Waals surface area contributed by atoms with Crippen LogP contribution in [0.5, 0.6) is 5.88 Å². The maximum absolute atomic E-state index is 12.4. The van der Waals surface area contributed by atoms with Crippen molar-refractivity contribution in [1.82, 2.24) is 9.97 Å². The van der Waals surface area contributed by atoms with Gasteiger partial charge in [0.15, 0.2) is 5.15 Å². The van der Waals surface area contributed by atoms with E-state index in [2.05, 4.69) is 18.9 Å². The van der Waals surface area contributed by atoms with Gasteiger partial charge in [-0.25, -0.2) is 14.8 Å². The molecule has 0 aliphatic heterocycles. The summed E-state index contributed by atoms with van der Waals surface area (Å²) in [5.41, 5.74) is -6.46. The lowest BCUT2D eigenvalue weighted by molar-refractivity contribution is -0.0502. The monoisotopic (exact) mass is 360 g/mol. The van der Waals surface area contributed by atoms with E-state index in [0.29, 0.717) is 12.8 Å². The van der Waals surface area contributed by atoms with Crippen LogP contribution in [-0.2, 0) is 14.9 Å². The molecule has 0 N–H and O–H groups in total. The summed E-state index contributed by atoms with van der Waals surface area (Å²) >= 11 is 5.79. The molecule has 1 aliphatic rings. The van der Waals surface area contributed by atoms with Crippen LogP contribution in [0.15, 0.2) is 0 Å². The van der Waals surface area contributed by atoms with Gasteiger partial charge in [0.05, 0.1) is 12.8 Å². The summed E-state index contributed by atoms with van der Waals surface area (Å²) in [6.07, 6.45) is 1.33. The predicted octanol–water partition coefficient (Wildman–Crippen LogP) is 2.02. The maximum Gasteiger partial charge on any atom is 0.534 e. The highest BCUT2D eigenvalue weighted by atomic mass is 35.5. The largest absolute Gasteiger partial charge is 0.534 e. The summed E-state index contributed by atoms with van der Waals surface area (Å²) in [5, 5.41) is -0.223.